The van der Waals surface area contributed by atoms with Gasteiger partial charge in [-0.3, -0.25) is 10.1 Å². The molecule has 0 aliphatic carbocycles. The minimum Gasteiger partial charge on any atom is -0.383 e. The van der Waals surface area contributed by atoms with E-state index >= 15 is 0 Å². The molecule has 2 atom stereocenters. The normalized spacial score (nSPS) is 23.7. The molecule has 2 rings (SSSR count). The number of ether oxygens (including phenoxy) is 1. The molecule has 2 unspecified atom stereocenters. The average molecular weight is 248 g/mol. The summed E-state index contributed by atoms with van der Waals surface area (Å²) >= 11 is 0. The van der Waals surface area contributed by atoms with E-state index in [-0.39, 0.29) is 18.1 Å². The molecule has 0 spiro atoms. The standard InChI is InChI=1S/C14H20N2O2/c1-11-15-13(10-12-6-4-3-5-7-12)14(17)16(11)8-9-18-2/h3-7,11,13,15H,8-10H2,1-2H3. The SMILES string of the molecule is COCCN1C(=O)C(Cc2ccccc2)NC1C. The summed E-state index contributed by atoms with van der Waals surface area (Å²) < 4.78 is 5.03. The molecule has 0 bridgehead atoms. The van der Waals surface area contributed by atoms with Crippen LogP contribution in [0.1, 0.15) is 12.5 Å². The Morgan fingerprint density at radius 2 is 2.06 bits per heavy atom. The topological polar surface area (TPSA) is 41.6 Å². The molecule has 4 nitrogen and oxygen atoms in total. The fourth-order valence-electron chi connectivity index (χ4n) is 2.33. The van der Waals surface area contributed by atoms with E-state index in [2.05, 4.69) is 17.4 Å². The molecule has 0 saturated carbocycles. The Hall–Kier alpha value is -1.39. The van der Waals surface area contributed by atoms with Crippen molar-refractivity contribution < 1.29 is 9.53 Å². The van der Waals surface area contributed by atoms with E-state index in [1.807, 2.05) is 30.0 Å². The zero-order valence-electron chi connectivity index (χ0n) is 10.9. The summed E-state index contributed by atoms with van der Waals surface area (Å²) in [6.45, 7) is 3.24. The lowest BCUT2D eigenvalue weighted by molar-refractivity contribution is -0.130. The molecule has 18 heavy (non-hydrogen) atoms. The van der Waals surface area contributed by atoms with Gasteiger partial charge >= 0.3 is 0 Å². The molecule has 1 aliphatic heterocycles. The fraction of sp³-hybridized carbons (Fsp3) is 0.500. The van der Waals surface area contributed by atoms with Crippen LogP contribution in [0.5, 0.6) is 0 Å². The monoisotopic (exact) mass is 248 g/mol. The molecule has 0 radical (unpaired) electrons. The van der Waals surface area contributed by atoms with E-state index < -0.39 is 0 Å². The van der Waals surface area contributed by atoms with E-state index in [9.17, 15) is 4.79 Å². The van der Waals surface area contributed by atoms with E-state index in [4.69, 9.17) is 4.74 Å². The van der Waals surface area contributed by atoms with Crippen molar-refractivity contribution in [3.8, 4) is 0 Å². The molecule has 1 saturated heterocycles. The summed E-state index contributed by atoms with van der Waals surface area (Å²) in [7, 11) is 1.65. The van der Waals surface area contributed by atoms with Crippen LogP contribution in [0.15, 0.2) is 30.3 Å². The number of methoxy groups -OCH3 is 1. The number of rotatable bonds is 5. The Morgan fingerprint density at radius 1 is 1.33 bits per heavy atom. The van der Waals surface area contributed by atoms with Gasteiger partial charge in [0.25, 0.3) is 0 Å². The van der Waals surface area contributed by atoms with E-state index in [1.165, 1.54) is 5.56 Å². The summed E-state index contributed by atoms with van der Waals surface area (Å²) in [5, 5.41) is 3.33. The third-order valence-corrected chi connectivity index (χ3v) is 3.31. The summed E-state index contributed by atoms with van der Waals surface area (Å²) in [6.07, 6.45) is 0.828. The molecule has 0 aromatic heterocycles. The van der Waals surface area contributed by atoms with Gasteiger partial charge in [-0.15, -0.1) is 0 Å². The van der Waals surface area contributed by atoms with E-state index in [1.54, 1.807) is 7.11 Å². The number of carbonyl (C=O) groups is 1. The van der Waals surface area contributed by atoms with Crippen LogP contribution < -0.4 is 5.32 Å². The first kappa shape index (κ1) is 13.1. The van der Waals surface area contributed by atoms with Crippen LogP contribution in [0.25, 0.3) is 0 Å². The van der Waals surface area contributed by atoms with Crippen molar-refractivity contribution in [1.29, 1.82) is 0 Å². The van der Waals surface area contributed by atoms with Crippen LogP contribution in [0.3, 0.4) is 0 Å². The summed E-state index contributed by atoms with van der Waals surface area (Å²) in [5.41, 5.74) is 1.18. The molecule has 1 aromatic rings. The number of amides is 1. The molecule has 1 heterocycles. The lowest BCUT2D eigenvalue weighted by Crippen LogP contribution is -2.37. The summed E-state index contributed by atoms with van der Waals surface area (Å²) in [4.78, 5) is 14.1. The van der Waals surface area contributed by atoms with Gasteiger partial charge in [0.15, 0.2) is 0 Å². The maximum atomic E-state index is 12.2. The third kappa shape index (κ3) is 2.89. The molecule has 98 valence electrons. The van der Waals surface area contributed by atoms with Gasteiger partial charge in [0, 0.05) is 13.7 Å². The molecule has 4 heteroatoms. The highest BCUT2D eigenvalue weighted by Gasteiger charge is 2.35. The number of nitrogens with one attached hydrogen (secondary N) is 1. The predicted octanol–water partition coefficient (Wildman–Crippen LogP) is 1.02. The first-order valence-corrected chi connectivity index (χ1v) is 6.31. The van der Waals surface area contributed by atoms with Crippen molar-refractivity contribution in [3.05, 3.63) is 35.9 Å². The first-order chi connectivity index (χ1) is 8.72. The number of benzene rings is 1. The van der Waals surface area contributed by atoms with Crippen molar-refractivity contribution in [2.75, 3.05) is 20.3 Å². The van der Waals surface area contributed by atoms with Crippen LogP contribution in [0.4, 0.5) is 0 Å². The van der Waals surface area contributed by atoms with Gasteiger partial charge in [-0.25, -0.2) is 0 Å². The smallest absolute Gasteiger partial charge is 0.241 e. The Bertz CT molecular complexity index is 394. The van der Waals surface area contributed by atoms with Gasteiger partial charge in [0.1, 0.15) is 0 Å². The van der Waals surface area contributed by atoms with Crippen LogP contribution >= 0.6 is 0 Å². The second-order valence-electron chi connectivity index (χ2n) is 4.61. The van der Waals surface area contributed by atoms with Gasteiger partial charge in [0.2, 0.25) is 5.91 Å². The third-order valence-electron chi connectivity index (χ3n) is 3.31. The van der Waals surface area contributed by atoms with Gasteiger partial charge < -0.3 is 9.64 Å². The second-order valence-corrected chi connectivity index (χ2v) is 4.61. The largest absolute Gasteiger partial charge is 0.383 e. The first-order valence-electron chi connectivity index (χ1n) is 6.31. The quantitative estimate of drug-likeness (QED) is 0.846. The molecular weight excluding hydrogens is 228 g/mol. The van der Waals surface area contributed by atoms with Crippen LogP contribution in [0, 0.1) is 0 Å². The van der Waals surface area contributed by atoms with Crippen LogP contribution in [-0.4, -0.2) is 43.3 Å². The lowest BCUT2D eigenvalue weighted by atomic mass is 10.1. The molecule has 1 amide bonds. The highest BCUT2D eigenvalue weighted by atomic mass is 16.5. The number of hydrogen-bond donors (Lipinski definition) is 1. The molecule has 1 fully saturated rings. The fourth-order valence-corrected chi connectivity index (χ4v) is 2.33. The Kier molecular flexibility index (Phi) is 4.33. The molecule has 1 N–H and O–H groups in total. The van der Waals surface area contributed by atoms with E-state index in [0.29, 0.717) is 13.2 Å². The minimum atomic E-state index is -0.112. The van der Waals surface area contributed by atoms with Crippen molar-refractivity contribution in [2.24, 2.45) is 0 Å². The predicted molar refractivity (Wildman–Crippen MR) is 70.1 cm³/mol. The maximum absolute atomic E-state index is 12.2. The highest BCUT2D eigenvalue weighted by molar-refractivity contribution is 5.84. The lowest BCUT2D eigenvalue weighted by Gasteiger charge is -2.19. The summed E-state index contributed by atoms with van der Waals surface area (Å²) in [5.74, 6) is 0.170. The van der Waals surface area contributed by atoms with Crippen LogP contribution in [0.2, 0.25) is 0 Å². The number of carbonyl (C=O) groups excluding carboxylic acids is 1. The van der Waals surface area contributed by atoms with Crippen molar-refractivity contribution in [1.82, 2.24) is 10.2 Å². The maximum Gasteiger partial charge on any atom is 0.241 e. The molecule has 1 aliphatic rings. The molecular formula is C14H20N2O2. The number of hydrogen-bond acceptors (Lipinski definition) is 3. The van der Waals surface area contributed by atoms with Gasteiger partial charge in [-0.05, 0) is 18.9 Å². The number of nitrogens with zero attached hydrogens (tertiary/aromatic N) is 1. The minimum absolute atomic E-state index is 0.0846. The Labute approximate surface area is 108 Å². The van der Waals surface area contributed by atoms with Crippen molar-refractivity contribution >= 4 is 5.91 Å². The van der Waals surface area contributed by atoms with Gasteiger partial charge in [0.05, 0.1) is 18.8 Å². The van der Waals surface area contributed by atoms with Crippen molar-refractivity contribution in [3.63, 3.8) is 0 Å². The van der Waals surface area contributed by atoms with Crippen LogP contribution in [-0.2, 0) is 16.0 Å². The van der Waals surface area contributed by atoms with Gasteiger partial charge in [-0.2, -0.15) is 0 Å². The Morgan fingerprint density at radius 3 is 2.72 bits per heavy atom. The Balaban J connectivity index is 1.97. The van der Waals surface area contributed by atoms with Crippen molar-refractivity contribution in [2.45, 2.75) is 25.6 Å². The van der Waals surface area contributed by atoms with E-state index in [0.717, 1.165) is 6.42 Å². The average Bonchev–Trinajstić information content (AvgIpc) is 2.64. The highest BCUT2D eigenvalue weighted by Crippen LogP contribution is 2.14. The zero-order chi connectivity index (χ0) is 13.0. The molecule has 1 aromatic carbocycles. The summed E-state index contributed by atoms with van der Waals surface area (Å²) in [6, 6.07) is 9.98. The zero-order valence-corrected chi connectivity index (χ0v) is 10.9. The van der Waals surface area contributed by atoms with Gasteiger partial charge in [-0.1, -0.05) is 30.3 Å². The second kappa shape index (κ2) is 5.98.